The Balaban J connectivity index is 1.94. The first-order valence-electron chi connectivity index (χ1n) is 7.16. The van der Waals surface area contributed by atoms with Gasteiger partial charge >= 0.3 is 0 Å². The van der Waals surface area contributed by atoms with Gasteiger partial charge in [-0.3, -0.25) is 10.1 Å². The number of non-ortho nitro benzene ring substituents is 1. The molecule has 1 N–H and O–H groups in total. The molecule has 0 radical (unpaired) electrons. The highest BCUT2D eigenvalue weighted by atomic mass is 16.6. The number of nitriles is 1. The third-order valence-corrected chi connectivity index (χ3v) is 3.61. The second-order valence-electron chi connectivity index (χ2n) is 5.11. The minimum atomic E-state index is -0.525. The first-order valence-corrected chi connectivity index (χ1v) is 7.16. The Bertz CT molecular complexity index is 941. The predicted octanol–water partition coefficient (Wildman–Crippen LogP) is 3.70. The maximum Gasteiger partial charge on any atom is 0.270 e. The van der Waals surface area contributed by atoms with Gasteiger partial charge in [0.2, 0.25) is 0 Å². The molecular formula is C17H13N5O2. The maximum absolute atomic E-state index is 10.8. The zero-order chi connectivity index (χ0) is 17.1. The number of nitrogens with zero attached hydrogens (tertiary/aromatic N) is 4. The molecule has 0 atom stereocenters. The number of nitrogens with one attached hydrogen (secondary N) is 1. The smallest absolute Gasteiger partial charge is 0.270 e. The summed E-state index contributed by atoms with van der Waals surface area (Å²) in [5.74, 6) is 0. The van der Waals surface area contributed by atoms with Crippen LogP contribution in [0.3, 0.4) is 0 Å². The summed E-state index contributed by atoms with van der Waals surface area (Å²) in [6.45, 7) is 1.90. The van der Waals surface area contributed by atoms with Crippen molar-refractivity contribution in [2.24, 2.45) is 0 Å². The van der Waals surface area contributed by atoms with Crippen molar-refractivity contribution in [2.45, 2.75) is 6.92 Å². The third-order valence-electron chi connectivity index (χ3n) is 3.61. The number of para-hydroxylation sites is 1. The van der Waals surface area contributed by atoms with Crippen LogP contribution in [-0.2, 0) is 0 Å². The molecule has 1 heterocycles. The zero-order valence-electron chi connectivity index (χ0n) is 12.8. The molecule has 0 saturated carbocycles. The van der Waals surface area contributed by atoms with Crippen molar-refractivity contribution in [1.82, 2.24) is 9.78 Å². The van der Waals surface area contributed by atoms with E-state index in [2.05, 4.69) is 10.4 Å². The Labute approximate surface area is 137 Å². The fourth-order valence-electron chi connectivity index (χ4n) is 2.35. The number of aromatic nitrogens is 2. The van der Waals surface area contributed by atoms with E-state index >= 15 is 0 Å². The number of nitro benzene ring substituents is 1. The maximum atomic E-state index is 10.8. The second kappa shape index (κ2) is 6.22. The molecule has 7 heteroatoms. The van der Waals surface area contributed by atoms with Gasteiger partial charge in [-0.05, 0) is 25.1 Å². The summed E-state index contributed by atoms with van der Waals surface area (Å²) in [4.78, 5) is 10.3. The summed E-state index contributed by atoms with van der Waals surface area (Å²) < 4.78 is 1.78. The van der Waals surface area contributed by atoms with Crippen LogP contribution < -0.4 is 5.32 Å². The van der Waals surface area contributed by atoms with Crippen molar-refractivity contribution in [3.63, 3.8) is 0 Å². The van der Waals surface area contributed by atoms with Crippen LogP contribution in [-0.4, -0.2) is 14.7 Å². The van der Waals surface area contributed by atoms with Crippen LogP contribution >= 0.6 is 0 Å². The lowest BCUT2D eigenvalue weighted by Crippen LogP contribution is -2.00. The molecule has 0 unspecified atom stereocenters. The standard InChI is InChI=1S/C17H13N5O2/c1-12-17(11-19-21(12)14-5-3-2-4-6-14)20-16-8-7-15(22(23)24)9-13(16)10-18/h2-9,11,20H,1H3. The molecule has 3 rings (SSSR count). The van der Waals surface area contributed by atoms with E-state index in [-0.39, 0.29) is 11.3 Å². The summed E-state index contributed by atoms with van der Waals surface area (Å²) in [5.41, 5.74) is 3.10. The number of benzene rings is 2. The highest BCUT2D eigenvalue weighted by Gasteiger charge is 2.13. The molecule has 2 aromatic carbocycles. The van der Waals surface area contributed by atoms with Crippen LogP contribution in [0, 0.1) is 28.4 Å². The van der Waals surface area contributed by atoms with Crippen molar-refractivity contribution in [2.75, 3.05) is 5.32 Å². The van der Waals surface area contributed by atoms with Gasteiger partial charge < -0.3 is 5.32 Å². The Hall–Kier alpha value is -3.66. The molecule has 0 aliphatic rings. The van der Waals surface area contributed by atoms with Gasteiger partial charge in [0.05, 0.1) is 39.4 Å². The summed E-state index contributed by atoms with van der Waals surface area (Å²) in [6.07, 6.45) is 1.66. The Kier molecular flexibility index (Phi) is 3.95. The van der Waals surface area contributed by atoms with Crippen molar-refractivity contribution in [3.05, 3.63) is 76.1 Å². The monoisotopic (exact) mass is 319 g/mol. The molecule has 0 aliphatic carbocycles. The van der Waals surface area contributed by atoms with E-state index in [4.69, 9.17) is 0 Å². The fourth-order valence-corrected chi connectivity index (χ4v) is 2.35. The van der Waals surface area contributed by atoms with E-state index in [9.17, 15) is 15.4 Å². The van der Waals surface area contributed by atoms with E-state index < -0.39 is 4.92 Å². The quantitative estimate of drug-likeness (QED) is 0.584. The lowest BCUT2D eigenvalue weighted by molar-refractivity contribution is -0.384. The largest absolute Gasteiger partial charge is 0.352 e. The number of rotatable bonds is 4. The molecule has 7 nitrogen and oxygen atoms in total. The van der Waals surface area contributed by atoms with Crippen molar-refractivity contribution < 1.29 is 4.92 Å². The van der Waals surface area contributed by atoms with Gasteiger partial charge in [-0.2, -0.15) is 10.4 Å². The molecule has 24 heavy (non-hydrogen) atoms. The molecule has 1 aromatic heterocycles. The van der Waals surface area contributed by atoms with E-state index in [0.29, 0.717) is 5.69 Å². The fraction of sp³-hybridized carbons (Fsp3) is 0.0588. The highest BCUT2D eigenvalue weighted by molar-refractivity contribution is 5.69. The number of nitro groups is 1. The van der Waals surface area contributed by atoms with Gasteiger partial charge in [-0.25, -0.2) is 4.68 Å². The summed E-state index contributed by atoms with van der Waals surface area (Å²) >= 11 is 0. The molecule has 0 amide bonds. The van der Waals surface area contributed by atoms with E-state index in [1.54, 1.807) is 10.9 Å². The Morgan fingerprint density at radius 3 is 2.62 bits per heavy atom. The summed E-state index contributed by atoms with van der Waals surface area (Å²) in [7, 11) is 0. The van der Waals surface area contributed by atoms with Crippen LogP contribution in [0.25, 0.3) is 5.69 Å². The van der Waals surface area contributed by atoms with Gasteiger partial charge in [0.25, 0.3) is 5.69 Å². The van der Waals surface area contributed by atoms with E-state index in [1.165, 1.54) is 18.2 Å². The average molecular weight is 319 g/mol. The van der Waals surface area contributed by atoms with Crippen molar-refractivity contribution in [3.8, 4) is 11.8 Å². The number of hydrogen-bond donors (Lipinski definition) is 1. The van der Waals surface area contributed by atoms with Crippen LogP contribution in [0.4, 0.5) is 17.1 Å². The zero-order valence-corrected chi connectivity index (χ0v) is 12.8. The minimum Gasteiger partial charge on any atom is -0.352 e. The molecule has 3 aromatic rings. The average Bonchev–Trinajstić information content (AvgIpc) is 2.96. The number of hydrogen-bond acceptors (Lipinski definition) is 5. The van der Waals surface area contributed by atoms with Gasteiger partial charge in [-0.1, -0.05) is 18.2 Å². The first kappa shape index (κ1) is 15.2. The minimum absolute atomic E-state index is 0.117. The second-order valence-corrected chi connectivity index (χ2v) is 5.11. The molecule has 0 fully saturated rings. The van der Waals surface area contributed by atoms with Crippen molar-refractivity contribution >= 4 is 17.1 Å². The lowest BCUT2D eigenvalue weighted by atomic mass is 10.1. The van der Waals surface area contributed by atoms with Gasteiger partial charge in [0.1, 0.15) is 6.07 Å². The van der Waals surface area contributed by atoms with E-state index in [1.807, 2.05) is 43.3 Å². The highest BCUT2D eigenvalue weighted by Crippen LogP contribution is 2.27. The topological polar surface area (TPSA) is 96.8 Å². The molecular weight excluding hydrogens is 306 g/mol. The molecule has 0 spiro atoms. The Morgan fingerprint density at radius 1 is 1.21 bits per heavy atom. The molecule has 0 bridgehead atoms. The van der Waals surface area contributed by atoms with Crippen LogP contribution in [0.15, 0.2) is 54.7 Å². The normalized spacial score (nSPS) is 10.2. The third kappa shape index (κ3) is 2.80. The molecule has 0 aliphatic heterocycles. The van der Waals surface area contributed by atoms with Gasteiger partial charge in [0, 0.05) is 12.1 Å². The molecule has 118 valence electrons. The van der Waals surface area contributed by atoms with Crippen LogP contribution in [0.1, 0.15) is 11.3 Å². The van der Waals surface area contributed by atoms with Gasteiger partial charge in [-0.15, -0.1) is 0 Å². The summed E-state index contributed by atoms with van der Waals surface area (Å²) in [5, 5.41) is 27.5. The van der Waals surface area contributed by atoms with E-state index in [0.717, 1.165) is 17.1 Å². The van der Waals surface area contributed by atoms with Crippen LogP contribution in [0.5, 0.6) is 0 Å². The van der Waals surface area contributed by atoms with Gasteiger partial charge in [0.15, 0.2) is 0 Å². The van der Waals surface area contributed by atoms with Crippen molar-refractivity contribution in [1.29, 1.82) is 5.26 Å². The Morgan fingerprint density at radius 2 is 1.96 bits per heavy atom. The first-order chi connectivity index (χ1) is 11.6. The lowest BCUT2D eigenvalue weighted by Gasteiger charge is -2.08. The predicted molar refractivity (Wildman–Crippen MR) is 89.4 cm³/mol. The summed E-state index contributed by atoms with van der Waals surface area (Å²) in [6, 6.07) is 15.8. The SMILES string of the molecule is Cc1c(Nc2ccc([N+](=O)[O-])cc2C#N)cnn1-c1ccccc1. The molecule has 0 saturated heterocycles. The van der Waals surface area contributed by atoms with Crippen LogP contribution in [0.2, 0.25) is 0 Å². The number of anilines is 2.